The summed E-state index contributed by atoms with van der Waals surface area (Å²) in [4.78, 5) is 18.0. The molecule has 2 amide bonds. The van der Waals surface area contributed by atoms with Crippen LogP contribution >= 0.6 is 11.3 Å². The molecule has 0 saturated carbocycles. The van der Waals surface area contributed by atoms with Crippen molar-refractivity contribution >= 4 is 22.5 Å². The molecule has 0 saturated heterocycles. The molecule has 4 nitrogen and oxygen atoms in total. The van der Waals surface area contributed by atoms with Crippen molar-refractivity contribution in [3.63, 3.8) is 0 Å². The summed E-state index contributed by atoms with van der Waals surface area (Å²) >= 11 is 1.64. The molecular weight excluding hydrogens is 306 g/mol. The smallest absolute Gasteiger partial charge is 0.321 e. The summed E-state index contributed by atoms with van der Waals surface area (Å²) in [5, 5.41) is 6.57. The van der Waals surface area contributed by atoms with Crippen LogP contribution in [0, 0.1) is 5.41 Å². The minimum absolute atomic E-state index is 0.130. The quantitative estimate of drug-likeness (QED) is 0.710. The molecule has 1 aromatic heterocycles. The van der Waals surface area contributed by atoms with Crippen LogP contribution in [0.4, 0.5) is 9.93 Å². The highest BCUT2D eigenvalue weighted by molar-refractivity contribution is 7.16. The predicted octanol–water partition coefficient (Wildman–Crippen LogP) is 5.09. The third-order valence-corrected chi connectivity index (χ3v) is 5.79. The third kappa shape index (κ3) is 4.93. The number of anilines is 1. The third-order valence-electron chi connectivity index (χ3n) is 4.41. The van der Waals surface area contributed by atoms with Crippen molar-refractivity contribution in [3.05, 3.63) is 10.6 Å². The van der Waals surface area contributed by atoms with Crippen LogP contribution < -0.4 is 10.6 Å². The average molecular weight is 338 g/mol. The molecule has 2 rings (SSSR count). The van der Waals surface area contributed by atoms with Crippen molar-refractivity contribution in [3.8, 4) is 0 Å². The number of unbranched alkanes of at least 4 members (excludes halogenated alkanes) is 3. The molecule has 1 aliphatic rings. The number of nitrogens with zero attached hydrogens (tertiary/aromatic N) is 1. The number of carbonyl (C=O) groups is 1. The molecule has 1 aliphatic carbocycles. The van der Waals surface area contributed by atoms with E-state index in [0.29, 0.717) is 0 Å². The fraction of sp³-hybridized carbons (Fsp3) is 0.778. The number of amides is 2. The Morgan fingerprint density at radius 2 is 1.96 bits per heavy atom. The van der Waals surface area contributed by atoms with Crippen LogP contribution in [-0.4, -0.2) is 17.6 Å². The van der Waals surface area contributed by atoms with Crippen molar-refractivity contribution in [2.45, 2.75) is 78.6 Å². The molecule has 0 spiro atoms. The Bertz CT molecular complexity index is 548. The maximum absolute atomic E-state index is 12.0. The minimum atomic E-state index is -0.135. The van der Waals surface area contributed by atoms with E-state index < -0.39 is 0 Å². The Hall–Kier alpha value is -1.10. The van der Waals surface area contributed by atoms with Gasteiger partial charge in [-0.1, -0.05) is 53.9 Å². The second-order valence-corrected chi connectivity index (χ2v) is 9.14. The maximum atomic E-state index is 12.0. The zero-order valence-electron chi connectivity index (χ0n) is 15.2. The SMILES string of the molecule is CCCCCCNC(=O)Nc1nc2c(s1)C(C)(C)CC(C)(C)C2. The number of aromatic nitrogens is 1. The highest BCUT2D eigenvalue weighted by Gasteiger charge is 2.40. The molecule has 130 valence electrons. The van der Waals surface area contributed by atoms with Gasteiger partial charge in [0.1, 0.15) is 0 Å². The molecule has 0 aromatic carbocycles. The van der Waals surface area contributed by atoms with Gasteiger partial charge in [0.05, 0.1) is 5.69 Å². The molecule has 0 aliphatic heterocycles. The summed E-state index contributed by atoms with van der Waals surface area (Å²) in [5.41, 5.74) is 1.56. The molecule has 1 aromatic rings. The number of rotatable bonds is 6. The molecule has 23 heavy (non-hydrogen) atoms. The molecule has 0 radical (unpaired) electrons. The molecule has 0 fully saturated rings. The van der Waals surface area contributed by atoms with Crippen LogP contribution in [0.25, 0.3) is 0 Å². The van der Waals surface area contributed by atoms with Crippen LogP contribution in [0.2, 0.25) is 0 Å². The predicted molar refractivity (Wildman–Crippen MR) is 98.4 cm³/mol. The zero-order chi connectivity index (χ0) is 17.1. The second kappa shape index (κ2) is 7.20. The molecule has 0 atom stereocenters. The summed E-state index contributed by atoms with van der Waals surface area (Å²) in [6, 6.07) is -0.135. The van der Waals surface area contributed by atoms with Gasteiger partial charge in [0, 0.05) is 16.8 Å². The monoisotopic (exact) mass is 337 g/mol. The van der Waals surface area contributed by atoms with Crippen molar-refractivity contribution in [1.82, 2.24) is 10.3 Å². The zero-order valence-corrected chi connectivity index (χ0v) is 16.0. The first-order chi connectivity index (χ1) is 10.7. The molecule has 2 N–H and O–H groups in total. The van der Waals surface area contributed by atoms with Gasteiger partial charge in [0.2, 0.25) is 0 Å². The molecule has 0 unspecified atom stereocenters. The summed E-state index contributed by atoms with van der Waals surface area (Å²) in [6.07, 6.45) is 6.79. The topological polar surface area (TPSA) is 54.0 Å². The van der Waals surface area contributed by atoms with Crippen LogP contribution in [0.15, 0.2) is 0 Å². The summed E-state index contributed by atoms with van der Waals surface area (Å²) in [7, 11) is 0. The second-order valence-electron chi connectivity index (χ2n) is 8.14. The number of carbonyl (C=O) groups excluding carboxylic acids is 1. The van der Waals surface area contributed by atoms with Gasteiger partial charge in [-0.25, -0.2) is 9.78 Å². The number of hydrogen-bond donors (Lipinski definition) is 2. The lowest BCUT2D eigenvalue weighted by molar-refractivity contribution is 0.232. The van der Waals surface area contributed by atoms with E-state index in [0.717, 1.165) is 36.6 Å². The van der Waals surface area contributed by atoms with E-state index in [2.05, 4.69) is 50.2 Å². The largest absolute Gasteiger partial charge is 0.338 e. The van der Waals surface area contributed by atoms with Crippen molar-refractivity contribution in [1.29, 1.82) is 0 Å². The number of thiazole rings is 1. The average Bonchev–Trinajstić information content (AvgIpc) is 2.79. The first kappa shape index (κ1) is 18.2. The standard InChI is InChI=1S/C18H31N3OS/c1-6-7-8-9-10-19-15(22)21-16-20-13-11-17(2,3)12-18(4,5)14(13)23-16/h6-12H2,1-5H3,(H2,19,20,21,22). The van der Waals surface area contributed by atoms with Crippen molar-refractivity contribution < 1.29 is 4.79 Å². The van der Waals surface area contributed by atoms with Gasteiger partial charge in [-0.2, -0.15) is 0 Å². The van der Waals surface area contributed by atoms with Gasteiger partial charge >= 0.3 is 6.03 Å². The lowest BCUT2D eigenvalue weighted by atomic mass is 9.67. The van der Waals surface area contributed by atoms with E-state index in [4.69, 9.17) is 0 Å². The van der Waals surface area contributed by atoms with E-state index in [-0.39, 0.29) is 16.9 Å². The fourth-order valence-electron chi connectivity index (χ4n) is 3.74. The first-order valence-corrected chi connectivity index (χ1v) is 9.60. The summed E-state index contributed by atoms with van der Waals surface area (Å²) in [5.74, 6) is 0. The van der Waals surface area contributed by atoms with Crippen LogP contribution in [0.5, 0.6) is 0 Å². The Labute approximate surface area is 144 Å². The number of hydrogen-bond acceptors (Lipinski definition) is 3. The Balaban J connectivity index is 1.93. The van der Waals surface area contributed by atoms with Gasteiger partial charge < -0.3 is 5.32 Å². The normalized spacial score (nSPS) is 18.3. The Morgan fingerprint density at radius 1 is 1.22 bits per heavy atom. The van der Waals surface area contributed by atoms with E-state index >= 15 is 0 Å². The molecule has 0 bridgehead atoms. The molecular formula is C18H31N3OS. The Morgan fingerprint density at radius 3 is 2.65 bits per heavy atom. The van der Waals surface area contributed by atoms with Gasteiger partial charge in [-0.15, -0.1) is 11.3 Å². The van der Waals surface area contributed by atoms with E-state index in [9.17, 15) is 4.79 Å². The van der Waals surface area contributed by atoms with Gasteiger partial charge in [0.25, 0.3) is 0 Å². The van der Waals surface area contributed by atoms with Crippen LogP contribution in [0.1, 0.15) is 77.3 Å². The fourth-order valence-corrected chi connectivity index (χ4v) is 4.82. The van der Waals surface area contributed by atoms with E-state index in [1.807, 2.05) is 0 Å². The minimum Gasteiger partial charge on any atom is -0.338 e. The summed E-state index contributed by atoms with van der Waals surface area (Å²) in [6.45, 7) is 12.1. The highest BCUT2D eigenvalue weighted by Crippen LogP contribution is 2.48. The molecule has 5 heteroatoms. The lowest BCUT2D eigenvalue weighted by Gasteiger charge is -2.39. The van der Waals surface area contributed by atoms with Gasteiger partial charge in [0.15, 0.2) is 5.13 Å². The Kier molecular flexibility index (Phi) is 5.71. The van der Waals surface area contributed by atoms with Crippen molar-refractivity contribution in [2.75, 3.05) is 11.9 Å². The molecule has 1 heterocycles. The summed E-state index contributed by atoms with van der Waals surface area (Å²) < 4.78 is 0. The first-order valence-electron chi connectivity index (χ1n) is 8.78. The highest BCUT2D eigenvalue weighted by atomic mass is 32.1. The van der Waals surface area contributed by atoms with E-state index in [1.54, 1.807) is 11.3 Å². The van der Waals surface area contributed by atoms with E-state index in [1.165, 1.54) is 24.1 Å². The van der Waals surface area contributed by atoms with Crippen molar-refractivity contribution in [2.24, 2.45) is 5.41 Å². The number of urea groups is 1. The van der Waals surface area contributed by atoms with Crippen LogP contribution in [-0.2, 0) is 11.8 Å². The number of nitrogens with one attached hydrogen (secondary N) is 2. The van der Waals surface area contributed by atoms with Crippen LogP contribution in [0.3, 0.4) is 0 Å². The lowest BCUT2D eigenvalue weighted by Crippen LogP contribution is -2.33. The number of fused-ring (bicyclic) bond motifs is 1. The maximum Gasteiger partial charge on any atom is 0.321 e. The van der Waals surface area contributed by atoms with Gasteiger partial charge in [-0.3, -0.25) is 5.32 Å². The van der Waals surface area contributed by atoms with Gasteiger partial charge in [-0.05, 0) is 24.7 Å².